The third kappa shape index (κ3) is 2.02. The summed E-state index contributed by atoms with van der Waals surface area (Å²) in [7, 11) is 0. The SMILES string of the molecule is O=C(O)c1cccc(CN2CC3C(C2)C3(CO)CO)c1. The fourth-order valence-corrected chi connectivity index (χ4v) is 3.63. The molecule has 5 heteroatoms. The lowest BCUT2D eigenvalue weighted by atomic mass is 10.0. The molecule has 2 unspecified atom stereocenters. The van der Waals surface area contributed by atoms with E-state index in [1.165, 1.54) is 0 Å². The Morgan fingerprint density at radius 1 is 1.25 bits per heavy atom. The fourth-order valence-electron chi connectivity index (χ4n) is 3.63. The summed E-state index contributed by atoms with van der Waals surface area (Å²) in [6.45, 7) is 2.57. The molecule has 1 saturated heterocycles. The van der Waals surface area contributed by atoms with Crippen LogP contribution in [0.1, 0.15) is 15.9 Å². The normalized spacial score (nSPS) is 27.3. The van der Waals surface area contributed by atoms with Gasteiger partial charge in [-0.15, -0.1) is 0 Å². The quantitative estimate of drug-likeness (QED) is 0.726. The maximum absolute atomic E-state index is 10.9. The second kappa shape index (κ2) is 4.84. The van der Waals surface area contributed by atoms with Gasteiger partial charge < -0.3 is 15.3 Å². The van der Waals surface area contributed by atoms with Gasteiger partial charge in [-0.3, -0.25) is 4.90 Å². The molecule has 5 nitrogen and oxygen atoms in total. The molecule has 1 aromatic carbocycles. The van der Waals surface area contributed by atoms with Gasteiger partial charge in [-0.05, 0) is 29.5 Å². The number of likely N-dealkylation sites (tertiary alicyclic amines) is 1. The average Bonchev–Trinajstić information content (AvgIpc) is 2.82. The summed E-state index contributed by atoms with van der Waals surface area (Å²) in [4.78, 5) is 13.2. The number of carbonyl (C=O) groups is 1. The summed E-state index contributed by atoms with van der Waals surface area (Å²) in [5, 5.41) is 27.8. The molecule has 1 saturated carbocycles. The highest BCUT2D eigenvalue weighted by molar-refractivity contribution is 5.87. The number of carboxylic acid groups (broad SMARTS) is 1. The zero-order valence-corrected chi connectivity index (χ0v) is 11.2. The number of aromatic carboxylic acids is 1. The first-order chi connectivity index (χ1) is 9.60. The highest BCUT2D eigenvalue weighted by atomic mass is 16.4. The predicted molar refractivity (Wildman–Crippen MR) is 72.3 cm³/mol. The van der Waals surface area contributed by atoms with E-state index in [1.807, 2.05) is 6.07 Å². The number of aliphatic hydroxyl groups is 2. The maximum atomic E-state index is 10.9. The van der Waals surface area contributed by atoms with E-state index in [9.17, 15) is 15.0 Å². The van der Waals surface area contributed by atoms with Gasteiger partial charge >= 0.3 is 5.97 Å². The van der Waals surface area contributed by atoms with Crippen molar-refractivity contribution in [3.8, 4) is 0 Å². The number of piperidine rings is 1. The molecule has 3 N–H and O–H groups in total. The third-order valence-electron chi connectivity index (χ3n) is 4.93. The highest BCUT2D eigenvalue weighted by Crippen LogP contribution is 2.62. The Balaban J connectivity index is 1.62. The summed E-state index contributed by atoms with van der Waals surface area (Å²) < 4.78 is 0. The number of fused-ring (bicyclic) bond motifs is 1. The van der Waals surface area contributed by atoms with Gasteiger partial charge in [0.15, 0.2) is 0 Å². The van der Waals surface area contributed by atoms with Crippen molar-refractivity contribution in [1.29, 1.82) is 0 Å². The van der Waals surface area contributed by atoms with Crippen molar-refractivity contribution >= 4 is 5.97 Å². The van der Waals surface area contributed by atoms with E-state index in [4.69, 9.17) is 5.11 Å². The smallest absolute Gasteiger partial charge is 0.335 e. The molecule has 0 radical (unpaired) electrons. The summed E-state index contributed by atoms with van der Waals surface area (Å²) in [5.74, 6) is -0.156. The van der Waals surface area contributed by atoms with E-state index < -0.39 is 5.97 Å². The van der Waals surface area contributed by atoms with Gasteiger partial charge in [0.25, 0.3) is 0 Å². The molecule has 0 spiro atoms. The lowest BCUT2D eigenvalue weighted by molar-refractivity contribution is 0.0696. The molecule has 2 atom stereocenters. The van der Waals surface area contributed by atoms with E-state index >= 15 is 0 Å². The number of carboxylic acids is 1. The van der Waals surface area contributed by atoms with E-state index in [1.54, 1.807) is 18.2 Å². The standard InChI is InChI=1S/C15H19NO4/c17-8-15(9-18)12-6-16(7-13(12)15)5-10-2-1-3-11(4-10)14(19)20/h1-4,12-13,17-18H,5-9H2,(H,19,20). The Bertz CT molecular complexity index is 512. The number of nitrogens with zero attached hydrogens (tertiary/aromatic N) is 1. The molecule has 1 aromatic rings. The van der Waals surface area contributed by atoms with Crippen LogP contribution in [0.5, 0.6) is 0 Å². The minimum Gasteiger partial charge on any atom is -0.478 e. The molecule has 20 heavy (non-hydrogen) atoms. The van der Waals surface area contributed by atoms with Crippen molar-refractivity contribution in [3.63, 3.8) is 0 Å². The van der Waals surface area contributed by atoms with Crippen molar-refractivity contribution in [3.05, 3.63) is 35.4 Å². The van der Waals surface area contributed by atoms with Gasteiger partial charge in [-0.2, -0.15) is 0 Å². The minimum atomic E-state index is -0.907. The number of hydrogen-bond donors (Lipinski definition) is 3. The Labute approximate surface area is 117 Å². The van der Waals surface area contributed by atoms with Crippen LogP contribution in [0.15, 0.2) is 24.3 Å². The molecular formula is C15H19NO4. The van der Waals surface area contributed by atoms with E-state index in [0.29, 0.717) is 17.4 Å². The van der Waals surface area contributed by atoms with Gasteiger partial charge in [0.1, 0.15) is 0 Å². The summed E-state index contributed by atoms with van der Waals surface area (Å²) in [6, 6.07) is 7.00. The fraction of sp³-hybridized carbons (Fsp3) is 0.533. The first-order valence-corrected chi connectivity index (χ1v) is 6.87. The average molecular weight is 277 g/mol. The van der Waals surface area contributed by atoms with Crippen LogP contribution in [0.2, 0.25) is 0 Å². The second-order valence-corrected chi connectivity index (χ2v) is 5.96. The third-order valence-corrected chi connectivity index (χ3v) is 4.93. The molecule has 2 aliphatic rings. The minimum absolute atomic E-state index is 0.0567. The van der Waals surface area contributed by atoms with Crippen molar-refractivity contribution in [1.82, 2.24) is 4.90 Å². The molecule has 108 valence electrons. The van der Waals surface area contributed by atoms with Crippen LogP contribution in [-0.2, 0) is 6.54 Å². The summed E-state index contributed by atoms with van der Waals surface area (Å²) in [5.41, 5.74) is 1.04. The van der Waals surface area contributed by atoms with E-state index in [-0.39, 0.29) is 18.6 Å². The Morgan fingerprint density at radius 3 is 2.45 bits per heavy atom. The van der Waals surface area contributed by atoms with Crippen LogP contribution in [0.3, 0.4) is 0 Å². The van der Waals surface area contributed by atoms with Crippen LogP contribution in [-0.4, -0.2) is 52.5 Å². The predicted octanol–water partition coefficient (Wildman–Crippen LogP) is 0.417. The van der Waals surface area contributed by atoms with Crippen molar-refractivity contribution in [2.45, 2.75) is 6.54 Å². The van der Waals surface area contributed by atoms with Gasteiger partial charge in [0.2, 0.25) is 0 Å². The van der Waals surface area contributed by atoms with E-state index in [0.717, 1.165) is 25.2 Å². The Kier molecular flexibility index (Phi) is 3.28. The molecule has 2 fully saturated rings. The van der Waals surface area contributed by atoms with Crippen LogP contribution in [0.4, 0.5) is 0 Å². The molecular weight excluding hydrogens is 258 g/mol. The lowest BCUT2D eigenvalue weighted by Gasteiger charge is -2.24. The molecule has 0 aromatic heterocycles. The Morgan fingerprint density at radius 2 is 1.90 bits per heavy atom. The molecule has 3 rings (SSSR count). The Hall–Kier alpha value is -1.43. The zero-order valence-electron chi connectivity index (χ0n) is 11.2. The molecule has 1 aliphatic heterocycles. The van der Waals surface area contributed by atoms with Crippen LogP contribution < -0.4 is 0 Å². The first-order valence-electron chi connectivity index (χ1n) is 6.87. The molecule has 1 heterocycles. The lowest BCUT2D eigenvalue weighted by Crippen LogP contribution is -2.31. The van der Waals surface area contributed by atoms with Gasteiger partial charge in [0.05, 0.1) is 18.8 Å². The maximum Gasteiger partial charge on any atom is 0.335 e. The van der Waals surface area contributed by atoms with Crippen molar-refractivity contribution in [2.24, 2.45) is 17.3 Å². The van der Waals surface area contributed by atoms with Gasteiger partial charge in [0, 0.05) is 25.0 Å². The number of aliphatic hydroxyl groups excluding tert-OH is 2. The molecule has 0 amide bonds. The van der Waals surface area contributed by atoms with Gasteiger partial charge in [-0.25, -0.2) is 4.79 Å². The largest absolute Gasteiger partial charge is 0.478 e. The summed E-state index contributed by atoms with van der Waals surface area (Å²) in [6.07, 6.45) is 0. The van der Waals surface area contributed by atoms with Gasteiger partial charge in [-0.1, -0.05) is 12.1 Å². The van der Waals surface area contributed by atoms with Crippen LogP contribution in [0.25, 0.3) is 0 Å². The summed E-state index contributed by atoms with van der Waals surface area (Å²) >= 11 is 0. The van der Waals surface area contributed by atoms with Crippen LogP contribution >= 0.6 is 0 Å². The number of rotatable bonds is 5. The van der Waals surface area contributed by atoms with E-state index in [2.05, 4.69) is 4.90 Å². The highest BCUT2D eigenvalue weighted by Gasteiger charge is 2.67. The zero-order chi connectivity index (χ0) is 14.3. The second-order valence-electron chi connectivity index (χ2n) is 5.96. The topological polar surface area (TPSA) is 81.0 Å². The van der Waals surface area contributed by atoms with Crippen molar-refractivity contribution in [2.75, 3.05) is 26.3 Å². The molecule has 1 aliphatic carbocycles. The van der Waals surface area contributed by atoms with Crippen LogP contribution in [0, 0.1) is 17.3 Å². The van der Waals surface area contributed by atoms with Crippen molar-refractivity contribution < 1.29 is 20.1 Å². The first kappa shape index (κ1) is 13.5. The number of hydrogen-bond acceptors (Lipinski definition) is 4. The number of benzene rings is 1. The monoisotopic (exact) mass is 277 g/mol. The molecule has 0 bridgehead atoms.